The normalized spacial score (nSPS) is 18.0. The maximum atomic E-state index is 12.8. The second kappa shape index (κ2) is 5.93. The fourth-order valence-electron chi connectivity index (χ4n) is 4.07. The molecule has 0 atom stereocenters. The van der Waals surface area contributed by atoms with E-state index in [0.29, 0.717) is 0 Å². The van der Waals surface area contributed by atoms with E-state index in [0.717, 1.165) is 44.3 Å². The van der Waals surface area contributed by atoms with Gasteiger partial charge >= 0.3 is 0 Å². The third-order valence-electron chi connectivity index (χ3n) is 5.33. The Bertz CT molecular complexity index is 950. The number of allylic oxidation sites excluding steroid dienone is 4. The lowest BCUT2D eigenvalue weighted by atomic mass is 10.0. The average Bonchev–Trinajstić information content (AvgIpc) is 3.15. The largest absolute Gasteiger partial charge is 0.508 e. The van der Waals surface area contributed by atoms with E-state index in [1.54, 1.807) is 23.5 Å². The molecule has 4 rings (SSSR count). The summed E-state index contributed by atoms with van der Waals surface area (Å²) in [5.41, 5.74) is 2.69. The molecule has 25 heavy (non-hydrogen) atoms. The molecule has 1 aliphatic heterocycles. The molecule has 0 spiro atoms. The Kier molecular flexibility index (Phi) is 3.85. The number of rotatable bonds is 3. The molecular formula is C20H19NO2SSi. The molecule has 0 saturated carbocycles. The van der Waals surface area contributed by atoms with Crippen LogP contribution in [0.25, 0.3) is 5.57 Å². The lowest BCUT2D eigenvalue weighted by molar-refractivity contribution is -0.109. The van der Waals surface area contributed by atoms with Gasteiger partial charge in [0, 0.05) is 10.5 Å². The van der Waals surface area contributed by atoms with Crippen molar-refractivity contribution in [3.05, 3.63) is 57.9 Å². The number of aliphatic imine (C=N–C) groups is 1. The Labute approximate surface area is 152 Å². The number of carbonyl (C=O) groups is 1. The monoisotopic (exact) mass is 365 g/mol. The summed E-state index contributed by atoms with van der Waals surface area (Å²) >= 11 is 1.60. The number of phenols is 1. The Morgan fingerprint density at radius 1 is 1.16 bits per heavy atom. The zero-order valence-corrected chi connectivity index (χ0v) is 16.1. The molecule has 3 nitrogen and oxygen atoms in total. The molecule has 0 saturated heterocycles. The van der Waals surface area contributed by atoms with Crippen molar-refractivity contribution in [1.82, 2.24) is 0 Å². The fourth-order valence-corrected chi connectivity index (χ4v) is 9.60. The molecule has 2 aromatic rings. The summed E-state index contributed by atoms with van der Waals surface area (Å²) in [6, 6.07) is 11.4. The predicted molar refractivity (Wildman–Crippen MR) is 107 cm³/mol. The van der Waals surface area contributed by atoms with Crippen LogP contribution in [0.5, 0.6) is 5.75 Å². The minimum absolute atomic E-state index is 0.0683. The van der Waals surface area contributed by atoms with Crippen LogP contribution < -0.4 is 5.19 Å². The predicted octanol–water partition coefficient (Wildman–Crippen LogP) is 4.37. The van der Waals surface area contributed by atoms with Crippen molar-refractivity contribution in [2.75, 3.05) is 0 Å². The first kappa shape index (κ1) is 16.2. The van der Waals surface area contributed by atoms with Crippen molar-refractivity contribution in [2.24, 2.45) is 4.99 Å². The number of hydrogen-bond acceptors (Lipinski definition) is 4. The molecule has 1 N–H and O–H groups in total. The third kappa shape index (κ3) is 2.30. The van der Waals surface area contributed by atoms with E-state index in [4.69, 9.17) is 4.99 Å². The minimum atomic E-state index is -2.18. The number of aromatic hydroxyl groups is 1. The van der Waals surface area contributed by atoms with Gasteiger partial charge in [0.2, 0.25) is 0 Å². The number of fused-ring (bicyclic) bond motifs is 2. The first-order chi connectivity index (χ1) is 12.1. The van der Waals surface area contributed by atoms with Crippen LogP contribution in [0.3, 0.4) is 0 Å². The second-order valence-electron chi connectivity index (χ2n) is 6.41. The third-order valence-corrected chi connectivity index (χ3v) is 11.5. The summed E-state index contributed by atoms with van der Waals surface area (Å²) in [5, 5.41) is 14.4. The number of thiophene rings is 1. The highest BCUT2D eigenvalue weighted by molar-refractivity contribution is 7.12. The highest BCUT2D eigenvalue weighted by atomic mass is 32.1. The Balaban J connectivity index is 2.11. The van der Waals surface area contributed by atoms with Gasteiger partial charge in [0.25, 0.3) is 0 Å². The van der Waals surface area contributed by atoms with Gasteiger partial charge in [0.05, 0.1) is 11.4 Å². The number of carbonyl (C=O) groups excluding carboxylic acids is 1. The summed E-state index contributed by atoms with van der Waals surface area (Å²) in [5.74, 6) is 0.339. The van der Waals surface area contributed by atoms with E-state index in [1.165, 1.54) is 0 Å². The molecule has 2 aliphatic rings. The Hall–Kier alpha value is -2.24. The van der Waals surface area contributed by atoms with Gasteiger partial charge in [-0.3, -0.25) is 4.79 Å². The summed E-state index contributed by atoms with van der Waals surface area (Å²) < 4.78 is 0. The van der Waals surface area contributed by atoms with Gasteiger partial charge in [-0.25, -0.2) is 4.99 Å². The van der Waals surface area contributed by atoms with Gasteiger partial charge in [-0.1, -0.05) is 32.0 Å². The fraction of sp³-hybridized carbons (Fsp3) is 0.200. The van der Waals surface area contributed by atoms with Crippen molar-refractivity contribution in [3.8, 4) is 5.75 Å². The molecule has 1 aliphatic carbocycles. The van der Waals surface area contributed by atoms with Crippen LogP contribution in [-0.2, 0) is 4.79 Å². The zero-order chi connectivity index (χ0) is 17.6. The quantitative estimate of drug-likeness (QED) is 0.649. The Morgan fingerprint density at radius 3 is 2.64 bits per heavy atom. The van der Waals surface area contributed by atoms with Gasteiger partial charge in [-0.2, -0.15) is 0 Å². The van der Waals surface area contributed by atoms with E-state index >= 15 is 0 Å². The lowest BCUT2D eigenvalue weighted by Crippen LogP contribution is -2.54. The lowest BCUT2D eigenvalue weighted by Gasteiger charge is -2.39. The van der Waals surface area contributed by atoms with E-state index < -0.39 is 8.07 Å². The van der Waals surface area contributed by atoms with Crippen LogP contribution in [0.15, 0.2) is 58.1 Å². The van der Waals surface area contributed by atoms with Gasteiger partial charge < -0.3 is 5.11 Å². The van der Waals surface area contributed by atoms with Crippen LogP contribution in [0, 0.1) is 0 Å². The van der Waals surface area contributed by atoms with Gasteiger partial charge in [0.15, 0.2) is 5.78 Å². The number of hydrogen-bond donors (Lipinski definition) is 1. The summed E-state index contributed by atoms with van der Waals surface area (Å²) in [4.78, 5) is 18.7. The molecule has 0 unspecified atom stereocenters. The summed E-state index contributed by atoms with van der Waals surface area (Å²) in [7, 11) is -2.18. The van der Waals surface area contributed by atoms with E-state index in [-0.39, 0.29) is 11.5 Å². The zero-order valence-electron chi connectivity index (χ0n) is 14.2. The van der Waals surface area contributed by atoms with Crippen molar-refractivity contribution >= 4 is 47.4 Å². The smallest absolute Gasteiger partial charge is 0.187 e. The number of phenolic OH excluding ortho intramolecular Hbond substituents is 1. The van der Waals surface area contributed by atoms with Crippen molar-refractivity contribution < 1.29 is 9.90 Å². The summed E-state index contributed by atoms with van der Waals surface area (Å²) in [6.07, 6.45) is 3.52. The van der Waals surface area contributed by atoms with Gasteiger partial charge in [-0.15, -0.1) is 11.3 Å². The maximum Gasteiger partial charge on any atom is 0.187 e. The molecule has 0 fully saturated rings. The van der Waals surface area contributed by atoms with Crippen molar-refractivity contribution in [1.29, 1.82) is 0 Å². The number of nitrogens with zero attached hydrogens (tertiary/aromatic N) is 1. The molecule has 0 amide bonds. The molecule has 1 aromatic carbocycles. The molecular weight excluding hydrogens is 346 g/mol. The van der Waals surface area contributed by atoms with Crippen LogP contribution in [0.2, 0.25) is 12.1 Å². The second-order valence-corrected chi connectivity index (χ2v) is 12.0. The molecule has 0 bridgehead atoms. The van der Waals surface area contributed by atoms with Crippen LogP contribution in [-0.4, -0.2) is 24.7 Å². The maximum absolute atomic E-state index is 12.8. The first-order valence-electron chi connectivity index (χ1n) is 8.54. The standard InChI is InChI=1S/C20H19NO2SSi/c1-3-25(4-2)18-12-13(22)7-8-14(18)21-15-9-10-16(23)19(20(15)25)17-6-5-11-24-17/h5-12,22H,3-4H2,1-2H3. The van der Waals surface area contributed by atoms with E-state index in [1.807, 2.05) is 35.7 Å². The highest BCUT2D eigenvalue weighted by Gasteiger charge is 2.45. The van der Waals surface area contributed by atoms with Crippen molar-refractivity contribution in [3.63, 3.8) is 0 Å². The SMILES string of the molecule is CC[Si]1(CC)C2=C(c3cccs3)C(=O)C=CC2=Nc2ccc(O)cc21. The molecule has 5 heteroatoms. The number of ketones is 1. The first-order valence-corrected chi connectivity index (χ1v) is 11.8. The van der Waals surface area contributed by atoms with Gasteiger partial charge in [0.1, 0.15) is 13.8 Å². The summed E-state index contributed by atoms with van der Waals surface area (Å²) in [6.45, 7) is 4.41. The Morgan fingerprint density at radius 2 is 1.96 bits per heavy atom. The molecule has 126 valence electrons. The minimum Gasteiger partial charge on any atom is -0.508 e. The molecule has 1 aromatic heterocycles. The highest BCUT2D eigenvalue weighted by Crippen LogP contribution is 2.41. The van der Waals surface area contributed by atoms with E-state index in [2.05, 4.69) is 13.8 Å². The number of benzene rings is 1. The van der Waals surface area contributed by atoms with E-state index in [9.17, 15) is 9.90 Å². The van der Waals surface area contributed by atoms with Gasteiger partial charge in [-0.05, 0) is 52.2 Å². The average molecular weight is 366 g/mol. The molecule has 2 heterocycles. The van der Waals surface area contributed by atoms with Crippen LogP contribution in [0.4, 0.5) is 5.69 Å². The van der Waals surface area contributed by atoms with Crippen LogP contribution in [0.1, 0.15) is 18.7 Å². The van der Waals surface area contributed by atoms with Crippen LogP contribution >= 0.6 is 11.3 Å². The topological polar surface area (TPSA) is 49.7 Å². The van der Waals surface area contributed by atoms with Crippen molar-refractivity contribution in [2.45, 2.75) is 25.9 Å². The molecule has 0 radical (unpaired) electrons.